The second kappa shape index (κ2) is 7.31. The largest absolute Gasteiger partial charge is 0.311 e. The first-order valence-electron chi connectivity index (χ1n) is 7.00. The minimum absolute atomic E-state index is 0.682. The van der Waals surface area contributed by atoms with Gasteiger partial charge in [0.15, 0.2) is 4.96 Å². The Bertz CT molecular complexity index is 502. The molecule has 0 saturated carbocycles. The summed E-state index contributed by atoms with van der Waals surface area (Å²) in [6, 6.07) is 0. The molecule has 0 aromatic carbocycles. The van der Waals surface area contributed by atoms with E-state index in [1.807, 2.05) is 11.8 Å². The number of aromatic nitrogens is 2. The Labute approximate surface area is 123 Å². The third-order valence-corrected chi connectivity index (χ3v) is 4.76. The van der Waals surface area contributed by atoms with Gasteiger partial charge in [0, 0.05) is 18.1 Å². The molecule has 0 unspecified atom stereocenters. The van der Waals surface area contributed by atoms with E-state index in [-0.39, 0.29) is 0 Å². The van der Waals surface area contributed by atoms with Crippen LogP contribution >= 0.6 is 23.1 Å². The normalized spacial score (nSPS) is 11.8. The average molecular weight is 297 g/mol. The monoisotopic (exact) mass is 297 g/mol. The smallest absolute Gasteiger partial charge is 0.194 e. The number of nitrogens with one attached hydrogen (secondary N) is 1. The number of thiazole rings is 1. The van der Waals surface area contributed by atoms with Crippen molar-refractivity contribution >= 4 is 28.1 Å². The number of nitrogens with zero attached hydrogens (tertiary/aromatic N) is 2. The molecule has 2 aromatic heterocycles. The lowest BCUT2D eigenvalue weighted by molar-refractivity contribution is 0.544. The molecule has 0 fully saturated rings. The quantitative estimate of drug-likeness (QED) is 0.589. The molecule has 2 rings (SSSR count). The summed E-state index contributed by atoms with van der Waals surface area (Å²) in [5.74, 6) is 1.85. The zero-order valence-corrected chi connectivity index (χ0v) is 13.6. The van der Waals surface area contributed by atoms with Crippen LogP contribution in [-0.4, -0.2) is 21.7 Å². The molecule has 0 atom stereocenters. The van der Waals surface area contributed by atoms with Crippen LogP contribution in [0.4, 0.5) is 0 Å². The number of imidazole rings is 1. The van der Waals surface area contributed by atoms with Crippen LogP contribution < -0.4 is 5.32 Å². The number of hydrogen-bond acceptors (Lipinski definition) is 4. The summed E-state index contributed by atoms with van der Waals surface area (Å²) < 4.78 is 2.23. The van der Waals surface area contributed by atoms with Gasteiger partial charge in [-0.2, -0.15) is 0 Å². The Balaban J connectivity index is 2.07. The predicted molar refractivity (Wildman–Crippen MR) is 85.2 cm³/mol. The first-order chi connectivity index (χ1) is 9.22. The van der Waals surface area contributed by atoms with Gasteiger partial charge in [-0.25, -0.2) is 4.98 Å². The van der Waals surface area contributed by atoms with Gasteiger partial charge in [0.2, 0.25) is 0 Å². The minimum Gasteiger partial charge on any atom is -0.311 e. The third-order valence-electron chi connectivity index (χ3n) is 2.91. The molecule has 0 spiro atoms. The molecule has 1 N–H and O–H groups in total. The van der Waals surface area contributed by atoms with Gasteiger partial charge in [-0.1, -0.05) is 27.2 Å². The van der Waals surface area contributed by atoms with E-state index < -0.39 is 0 Å². The number of fused-ring (bicyclic) bond motifs is 1. The van der Waals surface area contributed by atoms with Gasteiger partial charge in [-0.15, -0.1) is 23.1 Å². The molecule has 0 bridgehead atoms. The van der Waals surface area contributed by atoms with Crippen LogP contribution in [0, 0.1) is 5.92 Å². The molecular formula is C14H23N3S2. The fourth-order valence-electron chi connectivity index (χ4n) is 1.88. The maximum atomic E-state index is 4.75. The molecule has 0 amide bonds. The molecule has 0 aliphatic rings. The standard InChI is InChI=1S/C14H23N3S2/c1-4-5-7-18-13-12(10-15-9-11(2)3)17-6-8-19-14(17)16-13/h6,8,11,15H,4-5,7,9-10H2,1-3H3. The Morgan fingerprint density at radius 1 is 1.47 bits per heavy atom. The van der Waals surface area contributed by atoms with E-state index in [1.165, 1.54) is 29.3 Å². The molecule has 106 valence electrons. The van der Waals surface area contributed by atoms with Crippen molar-refractivity contribution in [3.63, 3.8) is 0 Å². The molecule has 0 radical (unpaired) electrons. The van der Waals surface area contributed by atoms with Crippen LogP contribution in [0.2, 0.25) is 0 Å². The molecule has 2 aromatic rings. The maximum Gasteiger partial charge on any atom is 0.194 e. The van der Waals surface area contributed by atoms with E-state index >= 15 is 0 Å². The number of rotatable bonds is 8. The van der Waals surface area contributed by atoms with E-state index in [4.69, 9.17) is 4.98 Å². The highest BCUT2D eigenvalue weighted by molar-refractivity contribution is 7.99. The van der Waals surface area contributed by atoms with Gasteiger partial charge in [-0.05, 0) is 24.6 Å². The average Bonchev–Trinajstić information content (AvgIpc) is 2.92. The highest BCUT2D eigenvalue weighted by Crippen LogP contribution is 2.26. The lowest BCUT2D eigenvalue weighted by atomic mass is 10.2. The highest BCUT2D eigenvalue weighted by atomic mass is 32.2. The topological polar surface area (TPSA) is 29.3 Å². The van der Waals surface area contributed by atoms with Crippen LogP contribution in [0.15, 0.2) is 16.6 Å². The first-order valence-corrected chi connectivity index (χ1v) is 8.86. The molecule has 0 saturated heterocycles. The molecule has 19 heavy (non-hydrogen) atoms. The number of thioether (sulfide) groups is 1. The van der Waals surface area contributed by atoms with E-state index in [0.29, 0.717) is 5.92 Å². The summed E-state index contributed by atoms with van der Waals surface area (Å²) in [6.45, 7) is 8.67. The van der Waals surface area contributed by atoms with Crippen LogP contribution in [0.1, 0.15) is 39.3 Å². The summed E-state index contributed by atoms with van der Waals surface area (Å²) >= 11 is 3.61. The van der Waals surface area contributed by atoms with Crippen molar-refractivity contribution in [1.29, 1.82) is 0 Å². The van der Waals surface area contributed by atoms with E-state index in [1.54, 1.807) is 11.3 Å². The molecule has 3 nitrogen and oxygen atoms in total. The van der Waals surface area contributed by atoms with Crippen molar-refractivity contribution in [3.05, 3.63) is 17.3 Å². The molecule has 2 heterocycles. The second-order valence-electron chi connectivity index (χ2n) is 5.15. The summed E-state index contributed by atoms with van der Waals surface area (Å²) in [6.07, 6.45) is 4.63. The van der Waals surface area contributed by atoms with Crippen LogP contribution in [0.3, 0.4) is 0 Å². The molecular weight excluding hydrogens is 274 g/mol. The van der Waals surface area contributed by atoms with Crippen molar-refractivity contribution in [2.24, 2.45) is 5.92 Å². The maximum absolute atomic E-state index is 4.75. The zero-order valence-electron chi connectivity index (χ0n) is 12.0. The predicted octanol–water partition coefficient (Wildman–Crippen LogP) is 4.03. The lowest BCUT2D eigenvalue weighted by Gasteiger charge is -2.08. The summed E-state index contributed by atoms with van der Waals surface area (Å²) in [7, 11) is 0. The van der Waals surface area contributed by atoms with Crippen molar-refractivity contribution < 1.29 is 0 Å². The Hall–Kier alpha value is -0.520. The first kappa shape index (κ1) is 14.9. The van der Waals surface area contributed by atoms with Crippen LogP contribution in [-0.2, 0) is 6.54 Å². The fraction of sp³-hybridized carbons (Fsp3) is 0.643. The van der Waals surface area contributed by atoms with Gasteiger partial charge < -0.3 is 5.32 Å². The Morgan fingerprint density at radius 2 is 2.32 bits per heavy atom. The lowest BCUT2D eigenvalue weighted by Crippen LogP contribution is -2.20. The zero-order chi connectivity index (χ0) is 13.7. The third kappa shape index (κ3) is 3.97. The Morgan fingerprint density at radius 3 is 3.05 bits per heavy atom. The van der Waals surface area contributed by atoms with Crippen molar-refractivity contribution in [3.8, 4) is 0 Å². The van der Waals surface area contributed by atoms with Gasteiger partial charge in [-0.3, -0.25) is 4.40 Å². The van der Waals surface area contributed by atoms with Gasteiger partial charge >= 0.3 is 0 Å². The second-order valence-corrected chi connectivity index (χ2v) is 7.10. The van der Waals surface area contributed by atoms with Gasteiger partial charge in [0.25, 0.3) is 0 Å². The van der Waals surface area contributed by atoms with Crippen molar-refractivity contribution in [2.45, 2.75) is 45.2 Å². The fourth-order valence-corrected chi connectivity index (χ4v) is 3.79. The summed E-state index contributed by atoms with van der Waals surface area (Å²) in [4.78, 5) is 5.86. The summed E-state index contributed by atoms with van der Waals surface area (Å²) in [5, 5.41) is 6.84. The summed E-state index contributed by atoms with van der Waals surface area (Å²) in [5.41, 5.74) is 1.32. The van der Waals surface area contributed by atoms with Crippen LogP contribution in [0.25, 0.3) is 4.96 Å². The SMILES string of the molecule is CCCCSc1nc2sccn2c1CNCC(C)C. The van der Waals surface area contributed by atoms with Crippen molar-refractivity contribution in [1.82, 2.24) is 14.7 Å². The number of unbranched alkanes of at least 4 members (excludes halogenated alkanes) is 1. The van der Waals surface area contributed by atoms with E-state index in [0.717, 1.165) is 18.1 Å². The van der Waals surface area contributed by atoms with Crippen molar-refractivity contribution in [2.75, 3.05) is 12.3 Å². The Kier molecular flexibility index (Phi) is 5.73. The molecule has 0 aliphatic heterocycles. The van der Waals surface area contributed by atoms with E-state index in [2.05, 4.69) is 42.1 Å². The highest BCUT2D eigenvalue weighted by Gasteiger charge is 2.13. The van der Waals surface area contributed by atoms with Gasteiger partial charge in [0.05, 0.1) is 5.69 Å². The van der Waals surface area contributed by atoms with Gasteiger partial charge in [0.1, 0.15) is 5.03 Å². The van der Waals surface area contributed by atoms with Crippen LogP contribution in [0.5, 0.6) is 0 Å². The number of hydrogen-bond donors (Lipinski definition) is 1. The minimum atomic E-state index is 0.682. The molecule has 5 heteroatoms. The van der Waals surface area contributed by atoms with E-state index in [9.17, 15) is 0 Å². The molecule has 0 aliphatic carbocycles.